The van der Waals surface area contributed by atoms with Gasteiger partial charge >= 0.3 is 6.18 Å². The number of hydrogen-bond donors (Lipinski definition) is 2. The van der Waals surface area contributed by atoms with E-state index in [1.807, 2.05) is 0 Å². The smallest absolute Gasteiger partial charge is 0.411 e. The SMILES string of the molecule is O=C(Cc1ccccc1O)NC[C@H]1CCCC[C@H]1OCC(F)(F)F. The maximum atomic E-state index is 12.3. The predicted octanol–water partition coefficient (Wildman–Crippen LogP) is 3.19. The van der Waals surface area contributed by atoms with Crippen molar-refractivity contribution in [3.8, 4) is 5.75 Å². The molecule has 2 N–H and O–H groups in total. The number of carbonyl (C=O) groups is 1. The minimum absolute atomic E-state index is 0.0352. The molecule has 1 aliphatic rings. The zero-order valence-electron chi connectivity index (χ0n) is 13.3. The number of rotatable bonds is 6. The van der Waals surface area contributed by atoms with Crippen LogP contribution < -0.4 is 5.32 Å². The average molecular weight is 345 g/mol. The van der Waals surface area contributed by atoms with Crippen LogP contribution in [0.1, 0.15) is 31.2 Å². The normalized spacial score (nSPS) is 21.5. The fourth-order valence-electron chi connectivity index (χ4n) is 2.97. The van der Waals surface area contributed by atoms with E-state index in [4.69, 9.17) is 4.74 Å². The molecule has 0 unspecified atom stereocenters. The first-order valence-electron chi connectivity index (χ1n) is 8.07. The first kappa shape index (κ1) is 18.6. The zero-order valence-corrected chi connectivity index (χ0v) is 13.3. The molecule has 1 aromatic rings. The third kappa shape index (κ3) is 6.03. The monoisotopic (exact) mass is 345 g/mol. The van der Waals surface area contributed by atoms with Crippen LogP contribution in [0.15, 0.2) is 24.3 Å². The molecule has 2 atom stereocenters. The summed E-state index contributed by atoms with van der Waals surface area (Å²) >= 11 is 0. The highest BCUT2D eigenvalue weighted by Gasteiger charge is 2.33. The number of benzene rings is 1. The van der Waals surface area contributed by atoms with Gasteiger partial charge in [0.25, 0.3) is 0 Å². The van der Waals surface area contributed by atoms with E-state index in [0.29, 0.717) is 12.0 Å². The fraction of sp³-hybridized carbons (Fsp3) is 0.588. The molecule has 0 heterocycles. The molecular weight excluding hydrogens is 323 g/mol. The van der Waals surface area contributed by atoms with Gasteiger partial charge in [0, 0.05) is 18.0 Å². The zero-order chi connectivity index (χ0) is 17.6. The van der Waals surface area contributed by atoms with Crippen LogP contribution in [0, 0.1) is 5.92 Å². The number of nitrogens with one attached hydrogen (secondary N) is 1. The lowest BCUT2D eigenvalue weighted by atomic mass is 9.86. The summed E-state index contributed by atoms with van der Waals surface area (Å²) in [5.41, 5.74) is 0.517. The van der Waals surface area contributed by atoms with Gasteiger partial charge in [0.05, 0.1) is 12.5 Å². The molecule has 1 aromatic carbocycles. The van der Waals surface area contributed by atoms with Gasteiger partial charge in [-0.2, -0.15) is 13.2 Å². The quantitative estimate of drug-likeness (QED) is 0.832. The highest BCUT2D eigenvalue weighted by atomic mass is 19.4. The van der Waals surface area contributed by atoms with Crippen molar-refractivity contribution in [3.05, 3.63) is 29.8 Å². The summed E-state index contributed by atoms with van der Waals surface area (Å²) in [5.74, 6) is -0.331. The lowest BCUT2D eigenvalue weighted by Gasteiger charge is -2.32. The summed E-state index contributed by atoms with van der Waals surface area (Å²) in [4.78, 5) is 12.0. The van der Waals surface area contributed by atoms with Gasteiger partial charge in [0.2, 0.25) is 5.91 Å². The van der Waals surface area contributed by atoms with E-state index in [0.717, 1.165) is 19.3 Å². The molecular formula is C17H22F3NO3. The Morgan fingerprint density at radius 2 is 1.96 bits per heavy atom. The Kier molecular flexibility index (Phi) is 6.48. The number of ether oxygens (including phenoxy) is 1. The Bertz CT molecular complexity index is 548. The Labute approximate surface area is 139 Å². The minimum atomic E-state index is -4.34. The lowest BCUT2D eigenvalue weighted by molar-refractivity contribution is -0.193. The van der Waals surface area contributed by atoms with Crippen LogP contribution in [0.2, 0.25) is 0 Å². The van der Waals surface area contributed by atoms with Crippen molar-refractivity contribution in [3.63, 3.8) is 0 Å². The molecule has 1 saturated carbocycles. The molecule has 1 amide bonds. The molecule has 2 rings (SSSR count). The van der Waals surface area contributed by atoms with Crippen molar-refractivity contribution in [1.82, 2.24) is 5.32 Å². The largest absolute Gasteiger partial charge is 0.508 e. The number of alkyl halides is 3. The molecule has 0 aromatic heterocycles. The van der Waals surface area contributed by atoms with Crippen molar-refractivity contribution in [1.29, 1.82) is 0 Å². The van der Waals surface area contributed by atoms with Crippen molar-refractivity contribution in [2.75, 3.05) is 13.2 Å². The summed E-state index contributed by atoms with van der Waals surface area (Å²) in [6, 6.07) is 6.56. The number of hydrogen-bond acceptors (Lipinski definition) is 3. The van der Waals surface area contributed by atoms with E-state index >= 15 is 0 Å². The van der Waals surface area contributed by atoms with Gasteiger partial charge in [-0.25, -0.2) is 0 Å². The Morgan fingerprint density at radius 1 is 1.25 bits per heavy atom. The maximum absolute atomic E-state index is 12.3. The van der Waals surface area contributed by atoms with E-state index in [9.17, 15) is 23.1 Å². The predicted molar refractivity (Wildman–Crippen MR) is 82.6 cm³/mol. The van der Waals surface area contributed by atoms with Crippen LogP contribution in [0.4, 0.5) is 13.2 Å². The van der Waals surface area contributed by atoms with E-state index in [-0.39, 0.29) is 30.5 Å². The van der Waals surface area contributed by atoms with Crippen LogP contribution in [0.3, 0.4) is 0 Å². The number of phenols is 1. The number of carbonyl (C=O) groups excluding carboxylic acids is 1. The van der Waals surface area contributed by atoms with Crippen LogP contribution in [0.5, 0.6) is 5.75 Å². The van der Waals surface area contributed by atoms with Gasteiger partial charge in [-0.05, 0) is 18.9 Å². The lowest BCUT2D eigenvalue weighted by Crippen LogP contribution is -2.39. The molecule has 134 valence electrons. The van der Waals surface area contributed by atoms with Crippen molar-refractivity contribution >= 4 is 5.91 Å². The summed E-state index contributed by atoms with van der Waals surface area (Å²) in [5, 5.41) is 12.4. The Balaban J connectivity index is 1.82. The second kappa shape index (κ2) is 8.37. The number of halogens is 3. The van der Waals surface area contributed by atoms with Gasteiger partial charge in [0.1, 0.15) is 12.4 Å². The van der Waals surface area contributed by atoms with Gasteiger partial charge in [0.15, 0.2) is 0 Å². The van der Waals surface area contributed by atoms with Crippen LogP contribution >= 0.6 is 0 Å². The molecule has 4 nitrogen and oxygen atoms in total. The molecule has 0 aliphatic heterocycles. The first-order chi connectivity index (χ1) is 11.3. The fourth-order valence-corrected chi connectivity index (χ4v) is 2.97. The standard InChI is InChI=1S/C17H22F3NO3/c18-17(19,20)11-24-15-8-4-2-6-13(15)10-21-16(23)9-12-5-1-3-7-14(12)22/h1,3,5,7,13,15,22H,2,4,6,8-11H2,(H,21,23)/t13-,15-/m1/s1. The molecule has 0 radical (unpaired) electrons. The number of aromatic hydroxyl groups is 1. The van der Waals surface area contributed by atoms with E-state index in [1.165, 1.54) is 6.07 Å². The molecule has 0 spiro atoms. The molecule has 1 fully saturated rings. The summed E-state index contributed by atoms with van der Waals surface area (Å²) in [6.45, 7) is -0.963. The molecule has 24 heavy (non-hydrogen) atoms. The van der Waals surface area contributed by atoms with Crippen molar-refractivity contribution in [2.24, 2.45) is 5.92 Å². The topological polar surface area (TPSA) is 58.6 Å². The van der Waals surface area contributed by atoms with Crippen molar-refractivity contribution < 1.29 is 27.8 Å². The van der Waals surface area contributed by atoms with E-state index in [2.05, 4.69) is 5.32 Å². The van der Waals surface area contributed by atoms with E-state index in [1.54, 1.807) is 18.2 Å². The molecule has 0 bridgehead atoms. The highest BCUT2D eigenvalue weighted by molar-refractivity contribution is 5.79. The number of para-hydroxylation sites is 1. The highest BCUT2D eigenvalue weighted by Crippen LogP contribution is 2.28. The number of amides is 1. The number of phenolic OH excluding ortho intramolecular Hbond substituents is 1. The molecule has 7 heteroatoms. The van der Waals surface area contributed by atoms with Crippen LogP contribution in [0.25, 0.3) is 0 Å². The second-order valence-electron chi connectivity index (χ2n) is 6.12. The van der Waals surface area contributed by atoms with E-state index < -0.39 is 18.9 Å². The van der Waals surface area contributed by atoms with Gasteiger partial charge in [-0.1, -0.05) is 31.0 Å². The van der Waals surface area contributed by atoms with Gasteiger partial charge in [-0.15, -0.1) is 0 Å². The Hall–Kier alpha value is -1.76. The third-order valence-corrected chi connectivity index (χ3v) is 4.20. The average Bonchev–Trinajstić information content (AvgIpc) is 2.53. The van der Waals surface area contributed by atoms with Crippen molar-refractivity contribution in [2.45, 2.75) is 44.4 Å². The van der Waals surface area contributed by atoms with Crippen LogP contribution in [-0.2, 0) is 16.0 Å². The summed E-state index contributed by atoms with van der Waals surface area (Å²) in [7, 11) is 0. The first-order valence-corrected chi connectivity index (χ1v) is 8.07. The molecule has 0 saturated heterocycles. The maximum Gasteiger partial charge on any atom is 0.411 e. The third-order valence-electron chi connectivity index (χ3n) is 4.20. The second-order valence-corrected chi connectivity index (χ2v) is 6.12. The van der Waals surface area contributed by atoms with Crippen LogP contribution in [-0.4, -0.2) is 36.4 Å². The summed E-state index contributed by atoms with van der Waals surface area (Å²) < 4.78 is 42.0. The minimum Gasteiger partial charge on any atom is -0.508 e. The van der Waals surface area contributed by atoms with Gasteiger partial charge in [-0.3, -0.25) is 4.79 Å². The van der Waals surface area contributed by atoms with Gasteiger partial charge < -0.3 is 15.2 Å². The molecule has 1 aliphatic carbocycles. The Morgan fingerprint density at radius 3 is 2.67 bits per heavy atom. The summed E-state index contributed by atoms with van der Waals surface area (Å²) in [6.07, 6.45) is -1.71.